The highest BCUT2D eigenvalue weighted by molar-refractivity contribution is 5.37. The van der Waals surface area contributed by atoms with Crippen LogP contribution in [0.3, 0.4) is 0 Å². The summed E-state index contributed by atoms with van der Waals surface area (Å²) in [5.41, 5.74) is 1.02. The van der Waals surface area contributed by atoms with Gasteiger partial charge in [-0.2, -0.15) is 5.10 Å². The van der Waals surface area contributed by atoms with Crippen molar-refractivity contribution >= 4 is 5.65 Å². The highest BCUT2D eigenvalue weighted by atomic mass is 19.1. The van der Waals surface area contributed by atoms with Crippen LogP contribution in [-0.2, 0) is 0 Å². The predicted octanol–water partition coefficient (Wildman–Crippen LogP) is 1.99. The average Bonchev–Trinajstić information content (AvgIpc) is 2.48. The summed E-state index contributed by atoms with van der Waals surface area (Å²) in [6.45, 7) is 3.82. The molecule has 2 aromatic heterocycles. The first-order chi connectivity index (χ1) is 6.18. The molecule has 0 fully saturated rings. The zero-order chi connectivity index (χ0) is 9.42. The first-order valence-electron chi connectivity index (χ1n) is 4.18. The molecule has 0 aliphatic heterocycles. The van der Waals surface area contributed by atoms with Crippen molar-refractivity contribution in [3.05, 3.63) is 30.0 Å². The first-order valence-corrected chi connectivity index (χ1v) is 4.18. The lowest BCUT2D eigenvalue weighted by Crippen LogP contribution is -2.02. The second-order valence-corrected chi connectivity index (χ2v) is 3.26. The van der Waals surface area contributed by atoms with E-state index >= 15 is 0 Å². The van der Waals surface area contributed by atoms with Gasteiger partial charge in [0.25, 0.3) is 0 Å². The number of hydrogen-bond donors (Lipinski definition) is 0. The predicted molar refractivity (Wildman–Crippen MR) is 47.0 cm³/mol. The Bertz CT molecular complexity index is 433. The maximum Gasteiger partial charge on any atom is 0.156 e. The van der Waals surface area contributed by atoms with Gasteiger partial charge < -0.3 is 0 Å². The van der Waals surface area contributed by atoms with Crippen molar-refractivity contribution in [2.45, 2.75) is 19.8 Å². The highest BCUT2D eigenvalue weighted by Gasteiger charge is 2.10. The summed E-state index contributed by atoms with van der Waals surface area (Å²) in [4.78, 5) is 3.94. The van der Waals surface area contributed by atoms with Crippen molar-refractivity contribution in [2.24, 2.45) is 0 Å². The van der Waals surface area contributed by atoms with Crippen LogP contribution in [0.25, 0.3) is 5.65 Å². The van der Waals surface area contributed by atoms with Gasteiger partial charge in [-0.1, -0.05) is 13.8 Å². The fourth-order valence-corrected chi connectivity index (χ4v) is 1.24. The Labute approximate surface area is 75.2 Å². The van der Waals surface area contributed by atoms with Crippen LogP contribution in [-0.4, -0.2) is 14.6 Å². The van der Waals surface area contributed by atoms with Crippen LogP contribution in [0, 0.1) is 5.82 Å². The van der Waals surface area contributed by atoms with E-state index in [-0.39, 0.29) is 11.7 Å². The van der Waals surface area contributed by atoms with Crippen molar-refractivity contribution < 1.29 is 4.39 Å². The van der Waals surface area contributed by atoms with E-state index in [0.29, 0.717) is 11.3 Å². The van der Waals surface area contributed by atoms with Crippen molar-refractivity contribution in [1.82, 2.24) is 14.6 Å². The largest absolute Gasteiger partial charge is 0.235 e. The zero-order valence-electron chi connectivity index (χ0n) is 7.53. The van der Waals surface area contributed by atoms with Crippen LogP contribution in [0.15, 0.2) is 18.5 Å². The number of rotatable bonds is 1. The Morgan fingerprint density at radius 1 is 1.46 bits per heavy atom. The zero-order valence-corrected chi connectivity index (χ0v) is 7.53. The second-order valence-electron chi connectivity index (χ2n) is 3.26. The molecule has 3 nitrogen and oxygen atoms in total. The molecule has 13 heavy (non-hydrogen) atoms. The van der Waals surface area contributed by atoms with Crippen LogP contribution in [0.5, 0.6) is 0 Å². The molecule has 2 rings (SSSR count). The van der Waals surface area contributed by atoms with Gasteiger partial charge in [0.1, 0.15) is 5.82 Å². The normalized spacial score (nSPS) is 11.4. The second kappa shape index (κ2) is 2.80. The van der Waals surface area contributed by atoms with E-state index in [1.54, 1.807) is 16.9 Å². The van der Waals surface area contributed by atoms with Crippen molar-refractivity contribution in [2.75, 3.05) is 0 Å². The molecule has 0 unspecified atom stereocenters. The molecule has 0 spiro atoms. The van der Waals surface area contributed by atoms with Gasteiger partial charge in [-0.3, -0.25) is 0 Å². The van der Waals surface area contributed by atoms with Gasteiger partial charge in [0, 0.05) is 24.4 Å². The Morgan fingerprint density at radius 2 is 2.23 bits per heavy atom. The minimum Gasteiger partial charge on any atom is -0.235 e. The summed E-state index contributed by atoms with van der Waals surface area (Å²) in [6, 6.07) is 1.41. The third-order valence-electron chi connectivity index (χ3n) is 1.91. The molecule has 0 atom stereocenters. The number of halogens is 1. The smallest absolute Gasteiger partial charge is 0.156 e. The number of fused-ring (bicyclic) bond motifs is 1. The van der Waals surface area contributed by atoms with Crippen LogP contribution < -0.4 is 0 Å². The number of imidazole rings is 1. The van der Waals surface area contributed by atoms with Crippen molar-refractivity contribution in [3.63, 3.8) is 0 Å². The molecule has 0 bridgehead atoms. The molecule has 0 aromatic carbocycles. The van der Waals surface area contributed by atoms with Gasteiger partial charge in [-0.05, 0) is 0 Å². The fraction of sp³-hybridized carbons (Fsp3) is 0.333. The van der Waals surface area contributed by atoms with Gasteiger partial charge in [-0.25, -0.2) is 13.9 Å². The van der Waals surface area contributed by atoms with E-state index < -0.39 is 0 Å². The number of aromatic nitrogens is 3. The van der Waals surface area contributed by atoms with Gasteiger partial charge in [0.2, 0.25) is 0 Å². The van der Waals surface area contributed by atoms with Crippen LogP contribution in [0.4, 0.5) is 4.39 Å². The summed E-state index contributed by atoms with van der Waals surface area (Å²) in [7, 11) is 0. The minimum atomic E-state index is -0.284. The average molecular weight is 179 g/mol. The summed E-state index contributed by atoms with van der Waals surface area (Å²) in [5.74, 6) is -0.194. The Balaban J connectivity index is 2.69. The molecule has 2 aromatic rings. The summed E-state index contributed by atoms with van der Waals surface area (Å²) >= 11 is 0. The lowest BCUT2D eigenvalue weighted by molar-refractivity contribution is 0.572. The van der Waals surface area contributed by atoms with E-state index in [9.17, 15) is 4.39 Å². The van der Waals surface area contributed by atoms with Crippen molar-refractivity contribution in [3.8, 4) is 0 Å². The van der Waals surface area contributed by atoms with E-state index in [0.717, 1.165) is 0 Å². The van der Waals surface area contributed by atoms with Gasteiger partial charge in [0.05, 0.1) is 5.69 Å². The maximum atomic E-state index is 13.3. The molecule has 0 aliphatic carbocycles. The Kier molecular flexibility index (Phi) is 1.76. The molecular weight excluding hydrogens is 169 g/mol. The third kappa shape index (κ3) is 1.28. The third-order valence-corrected chi connectivity index (χ3v) is 1.91. The fourth-order valence-electron chi connectivity index (χ4n) is 1.24. The lowest BCUT2D eigenvalue weighted by Gasteiger charge is -2.05. The van der Waals surface area contributed by atoms with Crippen LogP contribution in [0.1, 0.15) is 25.5 Å². The van der Waals surface area contributed by atoms with Gasteiger partial charge >= 0.3 is 0 Å². The molecule has 0 saturated carbocycles. The maximum absolute atomic E-state index is 13.3. The standard InChI is InChI=1S/C9H10FN3/c1-6(2)9-7(10)5-8-11-3-4-13(8)12-9/h3-6H,1-2H3. The lowest BCUT2D eigenvalue weighted by atomic mass is 10.1. The van der Waals surface area contributed by atoms with E-state index in [2.05, 4.69) is 10.1 Å². The summed E-state index contributed by atoms with van der Waals surface area (Å²) in [6.07, 6.45) is 3.31. The molecule has 0 amide bonds. The minimum absolute atomic E-state index is 0.0896. The Morgan fingerprint density at radius 3 is 2.92 bits per heavy atom. The molecule has 0 radical (unpaired) electrons. The molecular formula is C9H10FN3. The molecule has 0 N–H and O–H groups in total. The first kappa shape index (κ1) is 8.16. The van der Waals surface area contributed by atoms with Gasteiger partial charge in [-0.15, -0.1) is 0 Å². The quantitative estimate of drug-likeness (QED) is 0.670. The van der Waals surface area contributed by atoms with Gasteiger partial charge in [0.15, 0.2) is 5.65 Å². The topological polar surface area (TPSA) is 30.2 Å². The molecule has 68 valence electrons. The summed E-state index contributed by atoms with van der Waals surface area (Å²) < 4.78 is 14.9. The summed E-state index contributed by atoms with van der Waals surface area (Å²) in [5, 5.41) is 4.11. The number of hydrogen-bond acceptors (Lipinski definition) is 2. The van der Waals surface area contributed by atoms with E-state index in [4.69, 9.17) is 0 Å². The molecule has 0 saturated heterocycles. The van der Waals surface area contributed by atoms with Crippen LogP contribution in [0.2, 0.25) is 0 Å². The molecule has 4 heteroatoms. The Hall–Kier alpha value is -1.45. The molecule has 2 heterocycles. The van der Waals surface area contributed by atoms with E-state index in [1.807, 2.05) is 13.8 Å². The highest BCUT2D eigenvalue weighted by Crippen LogP contribution is 2.15. The van der Waals surface area contributed by atoms with Crippen LogP contribution >= 0.6 is 0 Å². The van der Waals surface area contributed by atoms with Crippen molar-refractivity contribution in [1.29, 1.82) is 0 Å². The monoisotopic (exact) mass is 179 g/mol. The number of nitrogens with zero attached hydrogens (tertiary/aromatic N) is 3. The SMILES string of the molecule is CC(C)c1nn2ccnc2cc1F. The molecule has 0 aliphatic rings. The van der Waals surface area contributed by atoms with E-state index in [1.165, 1.54) is 6.07 Å².